The SMILES string of the molecule is COc1ccc(C(C)(C)C)cc1NC(=O)CN(C)S(=O)(=O)c1ccc2c(c1)OCCO2. The summed E-state index contributed by atoms with van der Waals surface area (Å²) in [5, 5.41) is 2.76. The molecule has 0 fully saturated rings. The highest BCUT2D eigenvalue weighted by Crippen LogP contribution is 2.33. The predicted molar refractivity (Wildman–Crippen MR) is 118 cm³/mol. The Morgan fingerprint density at radius 3 is 2.42 bits per heavy atom. The number of anilines is 1. The molecule has 0 aliphatic carbocycles. The van der Waals surface area contributed by atoms with Crippen LogP contribution in [-0.4, -0.2) is 52.5 Å². The molecule has 31 heavy (non-hydrogen) atoms. The second-order valence-corrected chi connectivity index (χ2v) is 10.3. The summed E-state index contributed by atoms with van der Waals surface area (Å²) in [6, 6.07) is 9.96. The van der Waals surface area contributed by atoms with E-state index in [2.05, 4.69) is 26.1 Å². The maximum Gasteiger partial charge on any atom is 0.243 e. The number of nitrogens with zero attached hydrogens (tertiary/aromatic N) is 1. The van der Waals surface area contributed by atoms with E-state index in [1.54, 1.807) is 12.1 Å². The number of hydrogen-bond acceptors (Lipinski definition) is 6. The number of fused-ring (bicyclic) bond motifs is 1. The van der Waals surface area contributed by atoms with Crippen LogP contribution in [0.2, 0.25) is 0 Å². The largest absolute Gasteiger partial charge is 0.495 e. The number of carbonyl (C=O) groups excluding carboxylic acids is 1. The molecular weight excluding hydrogens is 420 g/mol. The lowest BCUT2D eigenvalue weighted by Crippen LogP contribution is -2.35. The standard InChI is InChI=1S/C22H28N2O6S/c1-22(2,3)15-6-8-18(28-5)17(12-15)23-21(25)14-24(4)31(26,27)16-7-9-19-20(13-16)30-11-10-29-19/h6-9,12-13H,10-11,14H2,1-5H3,(H,23,25). The Bertz CT molecular complexity index is 1080. The molecule has 1 aliphatic rings. The van der Waals surface area contributed by atoms with Gasteiger partial charge in [-0.15, -0.1) is 0 Å². The summed E-state index contributed by atoms with van der Waals surface area (Å²) in [5.41, 5.74) is 1.38. The van der Waals surface area contributed by atoms with E-state index in [0.29, 0.717) is 36.1 Å². The molecule has 9 heteroatoms. The maximum absolute atomic E-state index is 12.9. The number of amides is 1. The van der Waals surface area contributed by atoms with E-state index in [1.165, 1.54) is 26.3 Å². The second-order valence-electron chi connectivity index (χ2n) is 8.28. The Hall–Kier alpha value is -2.78. The van der Waals surface area contributed by atoms with Gasteiger partial charge in [0, 0.05) is 13.1 Å². The van der Waals surface area contributed by atoms with Gasteiger partial charge in [-0.25, -0.2) is 8.42 Å². The van der Waals surface area contributed by atoms with Crippen molar-refractivity contribution in [1.29, 1.82) is 0 Å². The number of benzene rings is 2. The predicted octanol–water partition coefficient (Wildman–Crippen LogP) is 3.02. The summed E-state index contributed by atoms with van der Waals surface area (Å²) in [6.07, 6.45) is 0. The zero-order chi connectivity index (χ0) is 22.8. The Morgan fingerprint density at radius 2 is 1.77 bits per heavy atom. The van der Waals surface area contributed by atoms with Crippen LogP contribution in [0.3, 0.4) is 0 Å². The van der Waals surface area contributed by atoms with Crippen molar-refractivity contribution in [2.75, 3.05) is 39.2 Å². The monoisotopic (exact) mass is 448 g/mol. The fourth-order valence-corrected chi connectivity index (χ4v) is 4.26. The van der Waals surface area contributed by atoms with Gasteiger partial charge in [-0.05, 0) is 35.2 Å². The van der Waals surface area contributed by atoms with E-state index in [4.69, 9.17) is 14.2 Å². The van der Waals surface area contributed by atoms with Gasteiger partial charge in [0.15, 0.2) is 11.5 Å². The first-order valence-corrected chi connectivity index (χ1v) is 11.3. The topological polar surface area (TPSA) is 94.2 Å². The molecule has 0 bridgehead atoms. The Kier molecular flexibility index (Phi) is 6.47. The minimum atomic E-state index is -3.90. The van der Waals surface area contributed by atoms with E-state index in [0.717, 1.165) is 9.87 Å². The quantitative estimate of drug-likeness (QED) is 0.730. The van der Waals surface area contributed by atoms with Crippen molar-refractivity contribution in [3.63, 3.8) is 0 Å². The summed E-state index contributed by atoms with van der Waals surface area (Å²) < 4.78 is 43.1. The summed E-state index contributed by atoms with van der Waals surface area (Å²) in [5.74, 6) is 0.886. The molecule has 0 unspecified atom stereocenters. The Labute approximate surface area is 183 Å². The van der Waals surface area contributed by atoms with Crippen LogP contribution in [0, 0.1) is 0 Å². The molecule has 2 aromatic rings. The zero-order valence-electron chi connectivity index (χ0n) is 18.4. The van der Waals surface area contributed by atoms with Crippen molar-refractivity contribution in [1.82, 2.24) is 4.31 Å². The molecule has 1 amide bonds. The van der Waals surface area contributed by atoms with E-state index >= 15 is 0 Å². The van der Waals surface area contributed by atoms with E-state index in [-0.39, 0.29) is 16.9 Å². The van der Waals surface area contributed by atoms with Gasteiger partial charge in [-0.1, -0.05) is 26.8 Å². The number of sulfonamides is 1. The highest BCUT2D eigenvalue weighted by Gasteiger charge is 2.26. The number of hydrogen-bond donors (Lipinski definition) is 1. The van der Waals surface area contributed by atoms with Crippen molar-refractivity contribution < 1.29 is 27.4 Å². The minimum absolute atomic E-state index is 0.0272. The molecule has 1 aliphatic heterocycles. The lowest BCUT2D eigenvalue weighted by Gasteiger charge is -2.22. The minimum Gasteiger partial charge on any atom is -0.495 e. The second kappa shape index (κ2) is 8.76. The summed E-state index contributed by atoms with van der Waals surface area (Å²) >= 11 is 0. The number of nitrogens with one attached hydrogen (secondary N) is 1. The van der Waals surface area contributed by atoms with Gasteiger partial charge in [-0.3, -0.25) is 4.79 Å². The van der Waals surface area contributed by atoms with Crippen LogP contribution >= 0.6 is 0 Å². The van der Waals surface area contributed by atoms with Crippen LogP contribution in [0.4, 0.5) is 5.69 Å². The van der Waals surface area contributed by atoms with Crippen LogP contribution in [-0.2, 0) is 20.2 Å². The average molecular weight is 449 g/mol. The molecule has 0 radical (unpaired) electrons. The van der Waals surface area contributed by atoms with Crippen molar-refractivity contribution in [2.45, 2.75) is 31.1 Å². The van der Waals surface area contributed by atoms with E-state index in [9.17, 15) is 13.2 Å². The third-order valence-corrected chi connectivity index (χ3v) is 6.73. The number of methoxy groups -OCH3 is 1. The Balaban J connectivity index is 1.76. The first kappa shape index (κ1) is 22.9. The van der Waals surface area contributed by atoms with Gasteiger partial charge in [0.05, 0.1) is 24.2 Å². The third kappa shape index (κ3) is 5.11. The molecule has 0 aromatic heterocycles. The van der Waals surface area contributed by atoms with Crippen molar-refractivity contribution in [2.24, 2.45) is 0 Å². The molecule has 0 atom stereocenters. The van der Waals surface area contributed by atoms with Gasteiger partial charge in [-0.2, -0.15) is 4.31 Å². The number of carbonyl (C=O) groups is 1. The molecule has 168 valence electrons. The normalized spacial score (nSPS) is 13.7. The van der Waals surface area contributed by atoms with Crippen LogP contribution in [0.25, 0.3) is 0 Å². The van der Waals surface area contributed by atoms with Crippen LogP contribution < -0.4 is 19.5 Å². The van der Waals surface area contributed by atoms with Crippen molar-refractivity contribution >= 4 is 21.6 Å². The summed E-state index contributed by atoms with van der Waals surface area (Å²) in [7, 11) is -1.03. The summed E-state index contributed by atoms with van der Waals surface area (Å²) in [4.78, 5) is 12.7. The number of ether oxygens (including phenoxy) is 3. The molecule has 1 N–H and O–H groups in total. The number of likely N-dealkylation sites (N-methyl/N-ethyl adjacent to an activating group) is 1. The third-order valence-electron chi connectivity index (χ3n) is 4.93. The summed E-state index contributed by atoms with van der Waals surface area (Å²) in [6.45, 7) is 6.60. The van der Waals surface area contributed by atoms with Crippen molar-refractivity contribution in [3.05, 3.63) is 42.0 Å². The fourth-order valence-electron chi connectivity index (χ4n) is 3.11. The molecule has 8 nitrogen and oxygen atoms in total. The lowest BCUT2D eigenvalue weighted by atomic mass is 9.87. The number of rotatable bonds is 6. The first-order valence-electron chi connectivity index (χ1n) is 9.87. The molecular formula is C22H28N2O6S. The first-order chi connectivity index (χ1) is 14.5. The van der Waals surface area contributed by atoms with Gasteiger partial charge >= 0.3 is 0 Å². The van der Waals surface area contributed by atoms with Crippen LogP contribution in [0.5, 0.6) is 17.2 Å². The van der Waals surface area contributed by atoms with E-state index < -0.39 is 15.9 Å². The fraction of sp³-hybridized carbons (Fsp3) is 0.409. The van der Waals surface area contributed by atoms with E-state index in [1.807, 2.05) is 12.1 Å². The van der Waals surface area contributed by atoms with Gasteiger partial charge in [0.25, 0.3) is 0 Å². The van der Waals surface area contributed by atoms with Gasteiger partial charge < -0.3 is 19.5 Å². The van der Waals surface area contributed by atoms with Gasteiger partial charge in [0.1, 0.15) is 19.0 Å². The molecule has 0 spiro atoms. The molecule has 3 rings (SSSR count). The highest BCUT2D eigenvalue weighted by atomic mass is 32.2. The van der Waals surface area contributed by atoms with Crippen LogP contribution in [0.1, 0.15) is 26.3 Å². The van der Waals surface area contributed by atoms with Crippen LogP contribution in [0.15, 0.2) is 41.3 Å². The highest BCUT2D eigenvalue weighted by molar-refractivity contribution is 7.89. The molecule has 1 heterocycles. The molecule has 2 aromatic carbocycles. The molecule has 0 saturated carbocycles. The lowest BCUT2D eigenvalue weighted by molar-refractivity contribution is -0.116. The molecule has 0 saturated heterocycles. The zero-order valence-corrected chi connectivity index (χ0v) is 19.2. The smallest absolute Gasteiger partial charge is 0.243 e. The average Bonchev–Trinajstić information content (AvgIpc) is 2.72. The maximum atomic E-state index is 12.9. The Morgan fingerprint density at radius 1 is 1.10 bits per heavy atom. The van der Waals surface area contributed by atoms with Crippen molar-refractivity contribution in [3.8, 4) is 17.2 Å². The van der Waals surface area contributed by atoms with Gasteiger partial charge in [0.2, 0.25) is 15.9 Å².